The maximum Gasteiger partial charge on any atom is 0.272 e. The number of nitrogens with zero attached hydrogens (tertiary/aromatic N) is 2. The molecule has 0 atom stereocenters. The number of carbonyl (C=O) groups is 2. The topological polar surface area (TPSA) is 97.3 Å². The van der Waals surface area contributed by atoms with Gasteiger partial charge in [-0.15, -0.1) is 5.59 Å². The summed E-state index contributed by atoms with van der Waals surface area (Å²) in [5.74, 6) is -0.539. The molecule has 0 aliphatic heterocycles. The Morgan fingerprint density at radius 3 is 2.57 bits per heavy atom. The number of nitrogens with one attached hydrogen (secondary N) is 3. The van der Waals surface area contributed by atoms with E-state index in [-0.39, 0.29) is 5.56 Å². The van der Waals surface area contributed by atoms with Gasteiger partial charge in [0.05, 0.1) is 23.4 Å². The molecule has 8 nitrogen and oxygen atoms in total. The quantitative estimate of drug-likeness (QED) is 0.498. The molecule has 2 aromatic heterocycles. The van der Waals surface area contributed by atoms with Crippen LogP contribution < -0.4 is 16.3 Å². The van der Waals surface area contributed by atoms with Crippen molar-refractivity contribution in [2.45, 2.75) is 13.8 Å². The first-order valence-corrected chi connectivity index (χ1v) is 9.58. The fourth-order valence-electron chi connectivity index (χ4n) is 2.97. The van der Waals surface area contributed by atoms with Crippen LogP contribution in [0.25, 0.3) is 5.82 Å². The van der Waals surface area contributed by atoms with E-state index in [9.17, 15) is 9.59 Å². The summed E-state index contributed by atoms with van der Waals surface area (Å²) in [6.45, 7) is 3.58. The van der Waals surface area contributed by atoms with Crippen LogP contribution in [0.3, 0.4) is 0 Å². The highest BCUT2D eigenvalue weighted by atomic mass is 35.5. The number of hydrogen-bond donors (Lipinski definition) is 3. The van der Waals surface area contributed by atoms with Gasteiger partial charge in [-0.2, -0.15) is 0 Å². The predicted molar refractivity (Wildman–Crippen MR) is 115 cm³/mol. The van der Waals surface area contributed by atoms with Gasteiger partial charge < -0.3 is 5.32 Å². The van der Waals surface area contributed by atoms with Crippen molar-refractivity contribution >= 4 is 40.7 Å². The molecule has 0 saturated carbocycles. The average molecular weight is 448 g/mol. The Labute approximate surface area is 183 Å². The van der Waals surface area contributed by atoms with E-state index in [1.807, 2.05) is 6.92 Å². The van der Waals surface area contributed by atoms with Crippen LogP contribution in [-0.2, 0) is 4.84 Å². The van der Waals surface area contributed by atoms with Gasteiger partial charge in [0, 0.05) is 16.9 Å². The highest BCUT2D eigenvalue weighted by molar-refractivity contribution is 6.32. The van der Waals surface area contributed by atoms with E-state index in [4.69, 9.17) is 23.2 Å². The largest absolute Gasteiger partial charge is 0.320 e. The zero-order valence-electron chi connectivity index (χ0n) is 16.4. The smallest absolute Gasteiger partial charge is 0.272 e. The number of hydrazine groups is 1. The van der Waals surface area contributed by atoms with Gasteiger partial charge in [-0.1, -0.05) is 23.2 Å². The third-order valence-corrected chi connectivity index (χ3v) is 4.82. The third-order valence-electron chi connectivity index (χ3n) is 4.31. The van der Waals surface area contributed by atoms with E-state index >= 15 is 0 Å². The lowest BCUT2D eigenvalue weighted by molar-refractivity contribution is 0.0459. The zero-order chi connectivity index (χ0) is 21.8. The van der Waals surface area contributed by atoms with Gasteiger partial charge in [-0.3, -0.25) is 24.4 Å². The molecule has 0 fully saturated rings. The average Bonchev–Trinajstić information content (AvgIpc) is 3.09. The number of anilines is 1. The Balaban J connectivity index is 2.00. The summed E-state index contributed by atoms with van der Waals surface area (Å²) in [7, 11) is 1.35. The summed E-state index contributed by atoms with van der Waals surface area (Å²) in [4.78, 5) is 34.6. The molecule has 3 aromatic rings. The van der Waals surface area contributed by atoms with Crippen LogP contribution in [0.15, 0.2) is 42.6 Å². The van der Waals surface area contributed by atoms with E-state index in [1.54, 1.807) is 48.0 Å². The number of carbonyl (C=O) groups excluding carboxylic acids is 2. The lowest BCUT2D eigenvalue weighted by atomic mass is 10.1. The molecule has 0 radical (unpaired) electrons. The van der Waals surface area contributed by atoms with Gasteiger partial charge >= 0.3 is 0 Å². The van der Waals surface area contributed by atoms with Crippen molar-refractivity contribution in [3.63, 3.8) is 0 Å². The maximum atomic E-state index is 13.2. The molecule has 1 aromatic carbocycles. The van der Waals surface area contributed by atoms with Crippen molar-refractivity contribution in [3.8, 4) is 5.82 Å². The van der Waals surface area contributed by atoms with Gasteiger partial charge in [0.25, 0.3) is 11.8 Å². The van der Waals surface area contributed by atoms with Gasteiger partial charge in [0.2, 0.25) is 0 Å². The van der Waals surface area contributed by atoms with Crippen molar-refractivity contribution in [1.29, 1.82) is 0 Å². The van der Waals surface area contributed by atoms with Crippen molar-refractivity contribution < 1.29 is 14.4 Å². The molecule has 0 saturated heterocycles. The first-order chi connectivity index (χ1) is 14.3. The predicted octanol–water partition coefficient (Wildman–Crippen LogP) is 3.84. The lowest BCUT2D eigenvalue weighted by Gasteiger charge is -2.16. The second-order valence-corrected chi connectivity index (χ2v) is 7.21. The van der Waals surface area contributed by atoms with Crippen LogP contribution in [0.1, 0.15) is 32.1 Å². The Morgan fingerprint density at radius 2 is 1.87 bits per heavy atom. The Hall–Kier alpha value is -2.91. The molecule has 10 heteroatoms. The number of hydrogen-bond acceptors (Lipinski definition) is 5. The van der Waals surface area contributed by atoms with Gasteiger partial charge in [0.15, 0.2) is 5.82 Å². The SMILES string of the molecule is CONNC(=O)c1cc(Cl)cc(C)c1NC(=O)c1ccc(C)n1-c1ncccc1Cl. The third kappa shape index (κ3) is 4.47. The standard InChI is InChI=1S/C20H19Cl2N5O3/c1-11-9-13(21)10-14(19(28)25-26-30-3)17(11)24-20(29)16-7-6-12(2)27(16)18-15(22)5-4-8-23-18/h4-10,26H,1-3H3,(H,24,29)(H,25,28). The monoisotopic (exact) mass is 447 g/mol. The Bertz CT molecular complexity index is 1110. The Morgan fingerprint density at radius 1 is 1.10 bits per heavy atom. The fourth-order valence-corrected chi connectivity index (χ4v) is 3.45. The molecule has 2 amide bonds. The number of aryl methyl sites for hydroxylation is 2. The number of pyridine rings is 1. The van der Waals surface area contributed by atoms with E-state index in [0.29, 0.717) is 32.8 Å². The second kappa shape index (κ2) is 9.27. The molecular weight excluding hydrogens is 429 g/mol. The Kier molecular flexibility index (Phi) is 6.73. The van der Waals surface area contributed by atoms with Gasteiger partial charge in [0.1, 0.15) is 5.69 Å². The lowest BCUT2D eigenvalue weighted by Crippen LogP contribution is -2.37. The van der Waals surface area contributed by atoms with E-state index < -0.39 is 11.8 Å². The van der Waals surface area contributed by atoms with Gasteiger partial charge in [-0.05, 0) is 55.8 Å². The number of halogens is 2. The first kappa shape index (κ1) is 21.8. The van der Waals surface area contributed by atoms with E-state index in [1.165, 1.54) is 13.2 Å². The summed E-state index contributed by atoms with van der Waals surface area (Å²) in [6.07, 6.45) is 1.59. The molecule has 30 heavy (non-hydrogen) atoms. The van der Waals surface area contributed by atoms with E-state index in [2.05, 4.69) is 26.2 Å². The highest BCUT2D eigenvalue weighted by Crippen LogP contribution is 2.27. The number of benzene rings is 1. The zero-order valence-corrected chi connectivity index (χ0v) is 17.9. The van der Waals surface area contributed by atoms with Crippen molar-refractivity contribution in [2.75, 3.05) is 12.4 Å². The van der Waals surface area contributed by atoms with Crippen LogP contribution in [0.2, 0.25) is 10.0 Å². The summed E-state index contributed by atoms with van der Waals surface area (Å²) < 4.78 is 1.65. The normalized spacial score (nSPS) is 10.7. The van der Waals surface area contributed by atoms with Crippen LogP contribution in [0.5, 0.6) is 0 Å². The minimum absolute atomic E-state index is 0.170. The summed E-state index contributed by atoms with van der Waals surface area (Å²) in [6, 6.07) is 9.95. The number of amides is 2. The second-order valence-electron chi connectivity index (χ2n) is 6.36. The van der Waals surface area contributed by atoms with Crippen molar-refractivity contribution in [2.24, 2.45) is 0 Å². The maximum absolute atomic E-state index is 13.2. The summed E-state index contributed by atoms with van der Waals surface area (Å²) in [5.41, 5.74) is 6.79. The van der Waals surface area contributed by atoms with Crippen molar-refractivity contribution in [3.05, 3.63) is 75.2 Å². The van der Waals surface area contributed by atoms with Crippen LogP contribution in [0, 0.1) is 13.8 Å². The highest BCUT2D eigenvalue weighted by Gasteiger charge is 2.21. The molecule has 0 spiro atoms. The fraction of sp³-hybridized carbons (Fsp3) is 0.150. The molecule has 0 aliphatic carbocycles. The van der Waals surface area contributed by atoms with Crippen LogP contribution in [0.4, 0.5) is 5.69 Å². The molecular formula is C20H19Cl2N5O3. The molecule has 156 valence electrons. The summed E-state index contributed by atoms with van der Waals surface area (Å²) >= 11 is 12.4. The van der Waals surface area contributed by atoms with Gasteiger partial charge in [-0.25, -0.2) is 4.98 Å². The molecule has 3 N–H and O–H groups in total. The minimum Gasteiger partial charge on any atom is -0.320 e. The molecule has 0 aliphatic rings. The minimum atomic E-state index is -0.530. The first-order valence-electron chi connectivity index (χ1n) is 8.82. The van der Waals surface area contributed by atoms with E-state index in [0.717, 1.165) is 5.69 Å². The van der Waals surface area contributed by atoms with Crippen LogP contribution >= 0.6 is 23.2 Å². The number of aromatic nitrogens is 2. The van der Waals surface area contributed by atoms with Crippen molar-refractivity contribution in [1.82, 2.24) is 20.6 Å². The molecule has 0 unspecified atom stereocenters. The molecule has 2 heterocycles. The number of rotatable bonds is 6. The molecule has 0 bridgehead atoms. The summed E-state index contributed by atoms with van der Waals surface area (Å²) in [5, 5.41) is 3.56. The van der Waals surface area contributed by atoms with Crippen LogP contribution in [-0.4, -0.2) is 28.5 Å². The molecule has 3 rings (SSSR count).